The number of aliphatic hydroxyl groups excluding tert-OH is 1. The van der Waals surface area contributed by atoms with Crippen molar-refractivity contribution in [1.29, 1.82) is 0 Å². The maximum absolute atomic E-state index is 11.2. The second-order valence-corrected chi connectivity index (χ2v) is 11.4. The highest BCUT2D eigenvalue weighted by atomic mass is 35.5. The van der Waals surface area contributed by atoms with Crippen LogP contribution >= 0.6 is 11.6 Å². The molecule has 0 bridgehead atoms. The lowest BCUT2D eigenvalue weighted by atomic mass is 9.93. The monoisotopic (exact) mass is 535 g/mol. The second-order valence-electron chi connectivity index (χ2n) is 9.46. The van der Waals surface area contributed by atoms with Crippen molar-refractivity contribution in [2.45, 2.75) is 32.3 Å². The number of aromatic nitrogens is 1. The fourth-order valence-corrected chi connectivity index (χ4v) is 5.51. The molecule has 0 saturated heterocycles. The molecular weight excluding hydrogens is 506 g/mol. The minimum atomic E-state index is -4.01. The van der Waals surface area contributed by atoms with Crippen molar-refractivity contribution in [2.75, 3.05) is 5.75 Å². The Hall–Kier alpha value is -3.03. The summed E-state index contributed by atoms with van der Waals surface area (Å²) in [4.78, 5) is 4.65. The van der Waals surface area contributed by atoms with Gasteiger partial charge in [0.15, 0.2) is 0 Å². The Morgan fingerprint density at radius 2 is 1.70 bits per heavy atom. The number of rotatable bonds is 10. The van der Waals surface area contributed by atoms with E-state index in [1.54, 1.807) is 6.92 Å². The molecule has 4 rings (SSSR count). The molecule has 0 aliphatic carbocycles. The number of hydrogen-bond acceptors (Lipinski definition) is 4. The fourth-order valence-electron chi connectivity index (χ4n) is 4.50. The molecule has 2 N–H and O–H groups in total. The molecule has 3 aromatic carbocycles. The van der Waals surface area contributed by atoms with Crippen LogP contribution in [0.4, 0.5) is 0 Å². The minimum absolute atomic E-state index is 0.210. The van der Waals surface area contributed by atoms with E-state index in [0.29, 0.717) is 24.3 Å². The number of nitrogens with zero attached hydrogens (tertiary/aromatic N) is 1. The molecule has 0 spiro atoms. The van der Waals surface area contributed by atoms with Crippen molar-refractivity contribution < 1.29 is 18.1 Å². The Bertz CT molecular complexity index is 1520. The Balaban J connectivity index is 1.41. The first-order chi connectivity index (χ1) is 17.7. The van der Waals surface area contributed by atoms with Crippen LogP contribution in [-0.2, 0) is 23.0 Å². The van der Waals surface area contributed by atoms with Gasteiger partial charge in [-0.3, -0.25) is 4.55 Å². The van der Waals surface area contributed by atoms with Gasteiger partial charge < -0.3 is 5.11 Å². The molecule has 1 heterocycles. The standard InChI is InChI=1S/C30H30ClNO4S/c1-21(20-37(34,35)36)17-25-7-3-2-6-23(25)12-16-30(33)26-8-4-5-22(18-26)9-14-28-15-11-24-10-13-27(31)19-29(24)32-28/h2-11,13-15,18-19,21,30,33H,12,16-17,20H2,1H3,(H,34,35,36)/t21?,30-/m0/s1. The molecule has 1 unspecified atom stereocenters. The molecule has 1 aromatic heterocycles. The molecule has 0 amide bonds. The van der Waals surface area contributed by atoms with Crippen LogP contribution in [0.1, 0.15) is 47.4 Å². The van der Waals surface area contributed by atoms with Gasteiger partial charge in [-0.1, -0.05) is 79.2 Å². The van der Waals surface area contributed by atoms with Crippen molar-refractivity contribution in [1.82, 2.24) is 4.98 Å². The molecule has 0 saturated carbocycles. The Morgan fingerprint density at radius 3 is 2.49 bits per heavy atom. The highest BCUT2D eigenvalue weighted by molar-refractivity contribution is 7.85. The largest absolute Gasteiger partial charge is 0.388 e. The van der Waals surface area contributed by atoms with Crippen LogP contribution in [0.5, 0.6) is 0 Å². The fraction of sp³-hybridized carbons (Fsp3) is 0.233. The second kappa shape index (κ2) is 12.0. The van der Waals surface area contributed by atoms with Gasteiger partial charge in [0.05, 0.1) is 23.1 Å². The Kier molecular flexibility index (Phi) is 8.77. The van der Waals surface area contributed by atoms with E-state index in [1.165, 1.54) is 0 Å². The molecule has 192 valence electrons. The number of aliphatic hydroxyl groups is 1. The lowest BCUT2D eigenvalue weighted by molar-refractivity contribution is 0.167. The SMILES string of the molecule is CC(Cc1ccccc1CC[C@H](O)c1cccc(C=Cc2ccc3ccc(Cl)cc3n2)c1)CS(=O)(=O)O. The van der Waals surface area contributed by atoms with E-state index in [-0.39, 0.29) is 11.7 Å². The zero-order valence-electron chi connectivity index (χ0n) is 20.6. The van der Waals surface area contributed by atoms with Gasteiger partial charge in [-0.05, 0) is 77.8 Å². The molecule has 0 fully saturated rings. The predicted molar refractivity (Wildman–Crippen MR) is 151 cm³/mol. The average Bonchev–Trinajstić information content (AvgIpc) is 2.85. The number of aryl methyl sites for hydroxylation is 1. The van der Waals surface area contributed by atoms with Crippen LogP contribution in [0.25, 0.3) is 23.1 Å². The van der Waals surface area contributed by atoms with Crippen LogP contribution in [-0.4, -0.2) is 28.8 Å². The van der Waals surface area contributed by atoms with Crippen molar-refractivity contribution in [3.05, 3.63) is 112 Å². The lowest BCUT2D eigenvalue weighted by Gasteiger charge is -2.16. The molecule has 7 heteroatoms. The van der Waals surface area contributed by atoms with E-state index >= 15 is 0 Å². The normalized spacial score (nSPS) is 13.7. The van der Waals surface area contributed by atoms with E-state index in [4.69, 9.17) is 16.2 Å². The van der Waals surface area contributed by atoms with Gasteiger partial charge in [-0.25, -0.2) is 4.98 Å². The summed E-state index contributed by atoms with van der Waals surface area (Å²) in [5.41, 5.74) is 5.56. The average molecular weight is 536 g/mol. The minimum Gasteiger partial charge on any atom is -0.388 e. The smallest absolute Gasteiger partial charge is 0.265 e. The van der Waals surface area contributed by atoms with Crippen LogP contribution in [0, 0.1) is 5.92 Å². The van der Waals surface area contributed by atoms with Crippen LogP contribution in [0.2, 0.25) is 5.02 Å². The van der Waals surface area contributed by atoms with Crippen molar-refractivity contribution in [3.63, 3.8) is 0 Å². The molecule has 0 aliphatic heterocycles. The molecule has 5 nitrogen and oxygen atoms in total. The third-order valence-electron chi connectivity index (χ3n) is 6.29. The third kappa shape index (κ3) is 7.98. The topological polar surface area (TPSA) is 87.5 Å². The van der Waals surface area contributed by atoms with E-state index in [0.717, 1.165) is 38.9 Å². The first-order valence-electron chi connectivity index (χ1n) is 12.2. The molecule has 4 aromatic rings. The van der Waals surface area contributed by atoms with Gasteiger partial charge in [0.25, 0.3) is 10.1 Å². The number of pyridine rings is 1. The van der Waals surface area contributed by atoms with Gasteiger partial charge in [0.2, 0.25) is 0 Å². The Morgan fingerprint density at radius 1 is 0.946 bits per heavy atom. The molecule has 37 heavy (non-hydrogen) atoms. The maximum atomic E-state index is 11.2. The summed E-state index contributed by atoms with van der Waals surface area (Å²) in [5.74, 6) is -0.481. The molecule has 0 radical (unpaired) electrons. The molecule has 2 atom stereocenters. The van der Waals surface area contributed by atoms with E-state index < -0.39 is 16.2 Å². The van der Waals surface area contributed by atoms with Crippen LogP contribution in [0.3, 0.4) is 0 Å². The van der Waals surface area contributed by atoms with E-state index in [2.05, 4.69) is 4.98 Å². The van der Waals surface area contributed by atoms with Gasteiger partial charge in [0.1, 0.15) is 0 Å². The summed E-state index contributed by atoms with van der Waals surface area (Å²) in [6, 6.07) is 25.3. The van der Waals surface area contributed by atoms with Gasteiger partial charge >= 0.3 is 0 Å². The Labute approximate surface area is 223 Å². The first kappa shape index (κ1) is 27.0. The summed E-state index contributed by atoms with van der Waals surface area (Å²) >= 11 is 6.10. The number of benzene rings is 3. The zero-order chi connectivity index (χ0) is 26.4. The van der Waals surface area contributed by atoms with Gasteiger partial charge in [-0.15, -0.1) is 0 Å². The summed E-state index contributed by atoms with van der Waals surface area (Å²) in [5, 5.41) is 12.6. The van der Waals surface area contributed by atoms with Crippen molar-refractivity contribution in [3.8, 4) is 0 Å². The van der Waals surface area contributed by atoms with Gasteiger partial charge in [-0.2, -0.15) is 8.42 Å². The lowest BCUT2D eigenvalue weighted by Crippen LogP contribution is -2.15. The van der Waals surface area contributed by atoms with Crippen LogP contribution < -0.4 is 0 Å². The highest BCUT2D eigenvalue weighted by Crippen LogP contribution is 2.24. The van der Waals surface area contributed by atoms with Crippen LogP contribution in [0.15, 0.2) is 78.9 Å². The predicted octanol–water partition coefficient (Wildman–Crippen LogP) is 6.79. The number of halogens is 1. The number of fused-ring (bicyclic) bond motifs is 1. The highest BCUT2D eigenvalue weighted by Gasteiger charge is 2.15. The van der Waals surface area contributed by atoms with Gasteiger partial charge in [0, 0.05) is 10.4 Å². The maximum Gasteiger partial charge on any atom is 0.265 e. The molecular formula is C30H30ClNO4S. The third-order valence-corrected chi connectivity index (χ3v) is 7.51. The molecule has 0 aliphatic rings. The summed E-state index contributed by atoms with van der Waals surface area (Å²) in [6.45, 7) is 1.81. The van der Waals surface area contributed by atoms with E-state index in [9.17, 15) is 13.5 Å². The van der Waals surface area contributed by atoms with Crippen molar-refractivity contribution >= 4 is 44.8 Å². The van der Waals surface area contributed by atoms with E-state index in [1.807, 2.05) is 91.0 Å². The summed E-state index contributed by atoms with van der Waals surface area (Å²) in [7, 11) is -4.01. The summed E-state index contributed by atoms with van der Waals surface area (Å²) in [6.07, 6.45) is 5.00. The quantitative estimate of drug-likeness (QED) is 0.218. The first-order valence-corrected chi connectivity index (χ1v) is 14.2. The summed E-state index contributed by atoms with van der Waals surface area (Å²) < 4.78 is 31.6. The zero-order valence-corrected chi connectivity index (χ0v) is 22.2. The van der Waals surface area contributed by atoms with Crippen molar-refractivity contribution in [2.24, 2.45) is 5.92 Å². The number of hydrogen-bond donors (Lipinski definition) is 2.